The molecule has 4 heteroatoms. The van der Waals surface area contributed by atoms with Crippen LogP contribution in [0.25, 0.3) is 28.3 Å². The molecule has 0 aliphatic rings. The van der Waals surface area contributed by atoms with E-state index in [2.05, 4.69) is 15.9 Å². The molecule has 3 aromatic rings. The molecule has 3 rings (SSSR count). The predicted octanol–water partition coefficient (Wildman–Crippen LogP) is 7.07. The summed E-state index contributed by atoms with van der Waals surface area (Å²) in [4.78, 5) is 14.3. The monoisotopic (exact) mass is 443 g/mol. The van der Waals surface area contributed by atoms with Crippen molar-refractivity contribution in [2.45, 2.75) is 13.8 Å². The normalized spacial score (nSPS) is 11.3. The maximum atomic E-state index is 4.78. The third-order valence-electron chi connectivity index (χ3n) is 4.12. The van der Waals surface area contributed by atoms with E-state index in [1.54, 1.807) is 0 Å². The number of aromatic nitrogens is 3. The van der Waals surface area contributed by atoms with E-state index in [4.69, 9.17) is 15.0 Å². The van der Waals surface area contributed by atoms with Gasteiger partial charge in [0.25, 0.3) is 0 Å². The summed E-state index contributed by atoms with van der Waals surface area (Å²) in [5.41, 5.74) is 2.82. The van der Waals surface area contributed by atoms with E-state index in [1.807, 2.05) is 111 Å². The van der Waals surface area contributed by atoms with Crippen molar-refractivity contribution in [3.8, 4) is 22.8 Å². The van der Waals surface area contributed by atoms with Crippen LogP contribution in [0.1, 0.15) is 19.7 Å². The average Bonchev–Trinajstić information content (AvgIpc) is 2.76. The minimum absolute atomic E-state index is 0.618. The van der Waals surface area contributed by atoms with Crippen LogP contribution in [0, 0.1) is 0 Å². The zero-order valence-electron chi connectivity index (χ0n) is 16.5. The Hall–Kier alpha value is -3.11. The lowest BCUT2D eigenvalue weighted by Crippen LogP contribution is -2.02. The van der Waals surface area contributed by atoms with Crippen LogP contribution in [0.2, 0.25) is 0 Å². The molecule has 144 valence electrons. The molecular weight excluding hydrogens is 422 g/mol. The van der Waals surface area contributed by atoms with E-state index < -0.39 is 0 Å². The summed E-state index contributed by atoms with van der Waals surface area (Å²) in [6.07, 6.45) is 5.98. The van der Waals surface area contributed by atoms with Gasteiger partial charge in [-0.2, -0.15) is 0 Å². The van der Waals surface area contributed by atoms with Gasteiger partial charge in [0.05, 0.1) is 0 Å². The van der Waals surface area contributed by atoms with E-state index in [1.165, 1.54) is 0 Å². The van der Waals surface area contributed by atoms with Gasteiger partial charge in [-0.25, -0.2) is 15.0 Å². The quantitative estimate of drug-likeness (QED) is 0.404. The number of rotatable bonds is 4. The summed E-state index contributed by atoms with van der Waals surface area (Å²) in [7, 11) is 0. The van der Waals surface area contributed by atoms with Gasteiger partial charge < -0.3 is 0 Å². The Morgan fingerprint density at radius 3 is 2.07 bits per heavy atom. The molecule has 29 heavy (non-hydrogen) atoms. The molecule has 0 radical (unpaired) electrons. The minimum Gasteiger partial charge on any atom is -0.209 e. The summed E-state index contributed by atoms with van der Waals surface area (Å²) in [6.45, 7) is 3.99. The van der Waals surface area contributed by atoms with Crippen molar-refractivity contribution in [2.24, 2.45) is 0 Å². The molecule has 2 aromatic carbocycles. The molecule has 3 nitrogen and oxygen atoms in total. The molecule has 0 amide bonds. The molecule has 0 N–H and O–H groups in total. The Morgan fingerprint density at radius 1 is 0.759 bits per heavy atom. The Morgan fingerprint density at radius 2 is 1.34 bits per heavy atom. The van der Waals surface area contributed by atoms with E-state index >= 15 is 0 Å². The molecule has 0 fully saturated rings. The van der Waals surface area contributed by atoms with Gasteiger partial charge in [-0.05, 0) is 25.5 Å². The second-order valence-electron chi connectivity index (χ2n) is 6.30. The third kappa shape index (κ3) is 5.69. The highest BCUT2D eigenvalue weighted by Crippen LogP contribution is 2.27. The second kappa shape index (κ2) is 10.4. The van der Waals surface area contributed by atoms with Crippen molar-refractivity contribution >= 4 is 21.5 Å². The molecule has 0 spiro atoms. The predicted molar refractivity (Wildman–Crippen MR) is 124 cm³/mol. The average molecular weight is 444 g/mol. The highest BCUT2D eigenvalue weighted by Gasteiger charge is 2.12. The number of halogens is 1. The van der Waals surface area contributed by atoms with Crippen LogP contribution in [0.5, 0.6) is 0 Å². The largest absolute Gasteiger partial charge is 0.209 e. The molecule has 0 saturated carbocycles. The molecular formula is C25H22BrN3. The molecule has 0 unspecified atom stereocenters. The lowest BCUT2D eigenvalue weighted by molar-refractivity contribution is 1.03. The summed E-state index contributed by atoms with van der Waals surface area (Å²) in [5, 5.41) is 0. The molecule has 0 bridgehead atoms. The van der Waals surface area contributed by atoms with Crippen molar-refractivity contribution in [1.82, 2.24) is 15.0 Å². The van der Waals surface area contributed by atoms with Crippen LogP contribution >= 0.6 is 15.9 Å². The summed E-state index contributed by atoms with van der Waals surface area (Å²) >= 11 is 3.68. The lowest BCUT2D eigenvalue weighted by Gasteiger charge is -2.08. The van der Waals surface area contributed by atoms with Gasteiger partial charge in [0.1, 0.15) is 0 Å². The Bertz CT molecular complexity index is 1090. The van der Waals surface area contributed by atoms with Crippen LogP contribution in [-0.4, -0.2) is 15.0 Å². The SMILES string of the molecule is C/C=C\C=C(/C)c1nc(-c2ccccc2)nc(-c2ccccccccc2Br)n1. The Kier molecular flexibility index (Phi) is 7.42. The first-order valence-corrected chi connectivity index (χ1v) is 10.2. The molecule has 1 heterocycles. The van der Waals surface area contributed by atoms with Crippen molar-refractivity contribution < 1.29 is 0 Å². The van der Waals surface area contributed by atoms with Crippen molar-refractivity contribution in [3.63, 3.8) is 0 Å². The molecule has 0 saturated heterocycles. The Balaban J connectivity index is 2.27. The van der Waals surface area contributed by atoms with Crippen LogP contribution in [0.3, 0.4) is 0 Å². The number of benzene rings is 1. The van der Waals surface area contributed by atoms with Gasteiger partial charge in [-0.15, -0.1) is 0 Å². The standard InChI is InChI=1S/C25H22BrN3/c1-3-4-14-19(2)23-27-24(20-15-10-9-11-16-20)29-25(28-23)21-17-12-7-5-6-8-13-18-22(21)26/h3-18H,1-2H3/b4-3-,6-5?,7-5?,8-6?,12-7?,13-8?,17-12?,18-13?,19-14+,21-17?,22-18?,22-21?. The van der Waals surface area contributed by atoms with Gasteiger partial charge in [0.2, 0.25) is 0 Å². The topological polar surface area (TPSA) is 38.7 Å². The van der Waals surface area contributed by atoms with Gasteiger partial charge in [0.15, 0.2) is 17.5 Å². The van der Waals surface area contributed by atoms with E-state index in [0.717, 1.165) is 21.2 Å². The maximum absolute atomic E-state index is 4.78. The van der Waals surface area contributed by atoms with Crippen LogP contribution in [0.4, 0.5) is 0 Å². The first-order chi connectivity index (χ1) is 14.2. The second-order valence-corrected chi connectivity index (χ2v) is 7.15. The van der Waals surface area contributed by atoms with Crippen LogP contribution in [-0.2, 0) is 0 Å². The molecule has 0 atom stereocenters. The number of hydrogen-bond acceptors (Lipinski definition) is 3. The summed E-state index contributed by atoms with van der Waals surface area (Å²) in [5.74, 6) is 1.93. The van der Waals surface area contributed by atoms with Crippen molar-refractivity contribution in [3.05, 3.63) is 107 Å². The molecule has 0 aliphatic carbocycles. The molecule has 0 aliphatic heterocycles. The fourth-order valence-electron chi connectivity index (χ4n) is 2.60. The van der Waals surface area contributed by atoms with Gasteiger partial charge >= 0.3 is 0 Å². The maximum Gasteiger partial charge on any atom is 0.165 e. The first-order valence-electron chi connectivity index (χ1n) is 9.38. The van der Waals surface area contributed by atoms with Crippen molar-refractivity contribution in [1.29, 1.82) is 0 Å². The lowest BCUT2D eigenvalue weighted by atomic mass is 10.2. The van der Waals surface area contributed by atoms with E-state index in [-0.39, 0.29) is 0 Å². The number of allylic oxidation sites excluding steroid dienone is 4. The van der Waals surface area contributed by atoms with Gasteiger partial charge in [-0.3, -0.25) is 0 Å². The highest BCUT2D eigenvalue weighted by molar-refractivity contribution is 9.10. The third-order valence-corrected chi connectivity index (χ3v) is 4.81. The zero-order valence-corrected chi connectivity index (χ0v) is 18.0. The van der Waals surface area contributed by atoms with Gasteiger partial charge in [-0.1, -0.05) is 107 Å². The summed E-state index contributed by atoms with van der Waals surface area (Å²) in [6, 6.07) is 25.8. The highest BCUT2D eigenvalue weighted by atomic mass is 79.9. The smallest absolute Gasteiger partial charge is 0.165 e. The minimum atomic E-state index is 0.618. The van der Waals surface area contributed by atoms with Crippen molar-refractivity contribution in [2.75, 3.05) is 0 Å². The first kappa shape index (κ1) is 20.6. The fourth-order valence-corrected chi connectivity index (χ4v) is 3.07. The Labute approximate surface area is 180 Å². The zero-order chi connectivity index (χ0) is 20.5. The van der Waals surface area contributed by atoms with Crippen LogP contribution < -0.4 is 0 Å². The van der Waals surface area contributed by atoms with Gasteiger partial charge in [0, 0.05) is 15.6 Å². The van der Waals surface area contributed by atoms with E-state index in [9.17, 15) is 0 Å². The summed E-state index contributed by atoms with van der Waals surface area (Å²) < 4.78 is 0.903. The van der Waals surface area contributed by atoms with E-state index in [0.29, 0.717) is 17.5 Å². The fraction of sp³-hybridized carbons (Fsp3) is 0.0800. The number of hydrogen-bond donors (Lipinski definition) is 0. The molecule has 1 aromatic heterocycles. The van der Waals surface area contributed by atoms with Crippen LogP contribution in [0.15, 0.2) is 102 Å². The number of nitrogens with zero attached hydrogens (tertiary/aromatic N) is 3.